The van der Waals surface area contributed by atoms with Crippen LogP contribution in [0.25, 0.3) is 0 Å². The third kappa shape index (κ3) is 1.84. The number of aryl methyl sites for hydroxylation is 1. The fourth-order valence-electron chi connectivity index (χ4n) is 2.06. The van der Waals surface area contributed by atoms with E-state index in [2.05, 4.69) is 4.98 Å². The summed E-state index contributed by atoms with van der Waals surface area (Å²) in [7, 11) is 1.98. The Balaban J connectivity index is 2.20. The number of hydrogen-bond acceptors (Lipinski definition) is 2. The zero-order valence-corrected chi connectivity index (χ0v) is 10.4. The number of carbonyl (C=O) groups excluding carboxylic acids is 1. The van der Waals surface area contributed by atoms with Gasteiger partial charge in [0, 0.05) is 25.4 Å². The molecule has 1 aliphatic heterocycles. The lowest BCUT2D eigenvalue weighted by Crippen LogP contribution is -2.42. The van der Waals surface area contributed by atoms with Gasteiger partial charge in [0.25, 0.3) is 0 Å². The molecule has 4 heteroatoms. The van der Waals surface area contributed by atoms with Crippen molar-refractivity contribution in [3.63, 3.8) is 0 Å². The molecule has 2 heterocycles. The molecule has 4 nitrogen and oxygen atoms in total. The Morgan fingerprint density at radius 2 is 2.12 bits per heavy atom. The second-order valence-corrected chi connectivity index (χ2v) is 5.48. The molecule has 0 aromatic carbocycles. The van der Waals surface area contributed by atoms with Crippen molar-refractivity contribution in [1.29, 1.82) is 0 Å². The molecule has 0 radical (unpaired) electrons. The molecule has 1 aromatic rings. The number of nitrogens with zero attached hydrogens (tertiary/aromatic N) is 3. The lowest BCUT2D eigenvalue weighted by molar-refractivity contribution is -0.140. The summed E-state index contributed by atoms with van der Waals surface area (Å²) in [4.78, 5) is 18.4. The molecular weight excluding hydrogens is 202 g/mol. The molecular formula is C12H19N3O. The van der Waals surface area contributed by atoms with E-state index in [1.165, 1.54) is 5.69 Å². The highest BCUT2D eigenvalue weighted by atomic mass is 16.2. The predicted molar refractivity (Wildman–Crippen MR) is 61.8 cm³/mol. The molecule has 0 unspecified atom stereocenters. The summed E-state index contributed by atoms with van der Waals surface area (Å²) in [5.74, 6) is 0.222. The minimum atomic E-state index is -0.296. The molecule has 1 aliphatic rings. The first-order chi connectivity index (χ1) is 7.39. The maximum atomic E-state index is 12.2. The van der Waals surface area contributed by atoms with Gasteiger partial charge < -0.3 is 9.47 Å². The van der Waals surface area contributed by atoms with Gasteiger partial charge >= 0.3 is 0 Å². The van der Waals surface area contributed by atoms with Crippen LogP contribution in [0.4, 0.5) is 0 Å². The van der Waals surface area contributed by atoms with E-state index in [9.17, 15) is 4.79 Å². The fraction of sp³-hybridized carbons (Fsp3) is 0.667. The van der Waals surface area contributed by atoms with E-state index in [1.54, 1.807) is 0 Å². The lowest BCUT2D eigenvalue weighted by Gasteiger charge is -2.32. The van der Waals surface area contributed by atoms with Crippen molar-refractivity contribution in [3.05, 3.63) is 17.7 Å². The van der Waals surface area contributed by atoms with Gasteiger partial charge in [-0.3, -0.25) is 4.79 Å². The number of rotatable bonds is 0. The van der Waals surface area contributed by atoms with Crippen LogP contribution in [-0.2, 0) is 24.8 Å². The third-order valence-electron chi connectivity index (χ3n) is 3.03. The van der Waals surface area contributed by atoms with Gasteiger partial charge in [0.15, 0.2) is 0 Å². The Morgan fingerprint density at radius 3 is 2.75 bits per heavy atom. The van der Waals surface area contributed by atoms with Gasteiger partial charge in [-0.15, -0.1) is 0 Å². The first-order valence-electron chi connectivity index (χ1n) is 5.68. The predicted octanol–water partition coefficient (Wildman–Crippen LogP) is 1.35. The van der Waals surface area contributed by atoms with Gasteiger partial charge in [0.1, 0.15) is 0 Å². The maximum absolute atomic E-state index is 12.2. The number of fused-ring (bicyclic) bond motifs is 1. The number of amides is 1. The molecule has 2 rings (SSSR count). The Labute approximate surface area is 96.3 Å². The Bertz CT molecular complexity index is 414. The van der Waals surface area contributed by atoms with Crippen LogP contribution in [0.5, 0.6) is 0 Å². The molecule has 0 fully saturated rings. The van der Waals surface area contributed by atoms with Crippen molar-refractivity contribution in [2.75, 3.05) is 6.54 Å². The van der Waals surface area contributed by atoms with Crippen LogP contribution in [0.2, 0.25) is 0 Å². The first kappa shape index (κ1) is 11.2. The van der Waals surface area contributed by atoms with Crippen molar-refractivity contribution in [3.8, 4) is 0 Å². The van der Waals surface area contributed by atoms with Crippen molar-refractivity contribution in [2.24, 2.45) is 12.5 Å². The molecule has 0 spiro atoms. The minimum absolute atomic E-state index is 0.222. The molecule has 88 valence electrons. The third-order valence-corrected chi connectivity index (χ3v) is 3.03. The van der Waals surface area contributed by atoms with Crippen LogP contribution in [0.3, 0.4) is 0 Å². The lowest BCUT2D eigenvalue weighted by atomic mass is 9.93. The Kier molecular flexibility index (Phi) is 2.52. The standard InChI is InChI=1S/C12H19N3O/c1-12(2,3)11(16)15-6-5-9-10(7-15)14(4)8-13-9/h8H,5-7H2,1-4H3. The molecule has 0 N–H and O–H groups in total. The van der Waals surface area contributed by atoms with Crippen molar-refractivity contribution < 1.29 is 4.79 Å². The number of hydrogen-bond donors (Lipinski definition) is 0. The largest absolute Gasteiger partial charge is 0.336 e. The van der Waals surface area contributed by atoms with Crippen molar-refractivity contribution in [2.45, 2.75) is 33.7 Å². The van der Waals surface area contributed by atoms with E-state index in [4.69, 9.17) is 0 Å². The first-order valence-corrected chi connectivity index (χ1v) is 5.68. The van der Waals surface area contributed by atoms with Gasteiger partial charge in [0.05, 0.1) is 24.3 Å². The highest BCUT2D eigenvalue weighted by Gasteiger charge is 2.30. The highest BCUT2D eigenvalue weighted by Crippen LogP contribution is 2.23. The molecule has 1 aromatic heterocycles. The highest BCUT2D eigenvalue weighted by molar-refractivity contribution is 5.81. The molecule has 0 saturated heterocycles. The second-order valence-electron chi connectivity index (χ2n) is 5.48. The van der Waals surface area contributed by atoms with Gasteiger partial charge in [0.2, 0.25) is 5.91 Å². The van der Waals surface area contributed by atoms with Crippen LogP contribution in [0.1, 0.15) is 32.2 Å². The molecule has 16 heavy (non-hydrogen) atoms. The zero-order chi connectivity index (χ0) is 11.9. The van der Waals surface area contributed by atoms with Gasteiger partial charge in [-0.2, -0.15) is 0 Å². The smallest absolute Gasteiger partial charge is 0.228 e. The monoisotopic (exact) mass is 221 g/mol. The average Bonchev–Trinajstić information content (AvgIpc) is 2.58. The SMILES string of the molecule is Cn1cnc2c1CN(C(=O)C(C)(C)C)CC2. The molecule has 1 amide bonds. The number of carbonyl (C=O) groups is 1. The summed E-state index contributed by atoms with van der Waals surface area (Å²) in [6.45, 7) is 7.39. The fourth-order valence-corrected chi connectivity index (χ4v) is 2.06. The average molecular weight is 221 g/mol. The normalized spacial score (nSPS) is 16.1. The van der Waals surface area contributed by atoms with Gasteiger partial charge in [-0.05, 0) is 0 Å². The van der Waals surface area contributed by atoms with Gasteiger partial charge in [-0.1, -0.05) is 20.8 Å². The van der Waals surface area contributed by atoms with Gasteiger partial charge in [-0.25, -0.2) is 4.98 Å². The van der Waals surface area contributed by atoms with Crippen LogP contribution in [-0.4, -0.2) is 26.9 Å². The van der Waals surface area contributed by atoms with Crippen molar-refractivity contribution in [1.82, 2.24) is 14.5 Å². The van der Waals surface area contributed by atoms with E-state index < -0.39 is 0 Å². The van der Waals surface area contributed by atoms with E-state index in [1.807, 2.05) is 43.6 Å². The van der Waals surface area contributed by atoms with Crippen LogP contribution in [0, 0.1) is 5.41 Å². The molecule has 0 bridgehead atoms. The molecule has 0 aliphatic carbocycles. The number of aromatic nitrogens is 2. The quantitative estimate of drug-likeness (QED) is 0.663. The number of imidazole rings is 1. The summed E-state index contributed by atoms with van der Waals surface area (Å²) < 4.78 is 2.01. The van der Waals surface area contributed by atoms with Crippen molar-refractivity contribution >= 4 is 5.91 Å². The minimum Gasteiger partial charge on any atom is -0.336 e. The van der Waals surface area contributed by atoms with E-state index in [0.29, 0.717) is 6.54 Å². The summed E-state index contributed by atoms with van der Waals surface area (Å²) >= 11 is 0. The summed E-state index contributed by atoms with van der Waals surface area (Å²) in [6, 6.07) is 0. The summed E-state index contributed by atoms with van der Waals surface area (Å²) in [5, 5.41) is 0. The van der Waals surface area contributed by atoms with Crippen LogP contribution in [0.15, 0.2) is 6.33 Å². The molecule has 0 atom stereocenters. The van der Waals surface area contributed by atoms with Crippen LogP contribution >= 0.6 is 0 Å². The van der Waals surface area contributed by atoms with E-state index >= 15 is 0 Å². The topological polar surface area (TPSA) is 38.1 Å². The second kappa shape index (κ2) is 3.61. The van der Waals surface area contributed by atoms with Crippen LogP contribution < -0.4 is 0 Å². The maximum Gasteiger partial charge on any atom is 0.228 e. The van der Waals surface area contributed by atoms with E-state index in [-0.39, 0.29) is 11.3 Å². The van der Waals surface area contributed by atoms with E-state index in [0.717, 1.165) is 18.7 Å². The Morgan fingerprint density at radius 1 is 1.44 bits per heavy atom. The molecule has 0 saturated carbocycles. The summed E-state index contributed by atoms with van der Waals surface area (Å²) in [6.07, 6.45) is 2.70. The zero-order valence-electron chi connectivity index (χ0n) is 10.4. The Hall–Kier alpha value is -1.32. The summed E-state index contributed by atoms with van der Waals surface area (Å²) in [5.41, 5.74) is 2.01.